The van der Waals surface area contributed by atoms with Gasteiger partial charge in [-0.1, -0.05) is 42.5 Å². The molecule has 0 saturated heterocycles. The van der Waals surface area contributed by atoms with Crippen molar-refractivity contribution in [3.8, 4) is 11.3 Å². The van der Waals surface area contributed by atoms with E-state index in [2.05, 4.69) is 4.98 Å². The zero-order valence-corrected chi connectivity index (χ0v) is 10.4. The second-order valence-corrected chi connectivity index (χ2v) is 4.43. The molecule has 20 heavy (non-hydrogen) atoms. The molecule has 100 valence electrons. The average molecular weight is 273 g/mol. The summed E-state index contributed by atoms with van der Waals surface area (Å²) in [6.45, 7) is 0. The van der Waals surface area contributed by atoms with E-state index in [0.717, 1.165) is 11.5 Å². The lowest BCUT2D eigenvalue weighted by atomic mass is 10.0. The molecule has 0 amide bonds. The van der Waals surface area contributed by atoms with Crippen molar-refractivity contribution in [1.82, 2.24) is 4.98 Å². The van der Waals surface area contributed by atoms with Gasteiger partial charge >= 0.3 is 6.18 Å². The Balaban J connectivity index is 2.21. The zero-order valence-electron chi connectivity index (χ0n) is 10.4. The molecule has 0 aliphatic rings. The molecule has 3 rings (SSSR count). The number of hydrogen-bond acceptors (Lipinski definition) is 1. The Hall–Kier alpha value is -2.36. The Kier molecular flexibility index (Phi) is 2.93. The Morgan fingerprint density at radius 3 is 2.25 bits per heavy atom. The van der Waals surface area contributed by atoms with Gasteiger partial charge in [-0.3, -0.25) is 0 Å². The fourth-order valence-corrected chi connectivity index (χ4v) is 2.17. The van der Waals surface area contributed by atoms with Crippen LogP contribution in [-0.2, 0) is 6.18 Å². The molecule has 0 saturated carbocycles. The molecule has 0 radical (unpaired) electrons. The first-order valence-electron chi connectivity index (χ1n) is 6.08. The summed E-state index contributed by atoms with van der Waals surface area (Å²) in [5.74, 6) is 0. The lowest BCUT2D eigenvalue weighted by Gasteiger charge is -2.12. The number of rotatable bonds is 1. The van der Waals surface area contributed by atoms with Crippen LogP contribution in [0, 0.1) is 0 Å². The molecule has 0 unspecified atom stereocenters. The number of nitrogens with zero attached hydrogens (tertiary/aromatic N) is 1. The third-order valence-electron chi connectivity index (χ3n) is 3.11. The number of benzene rings is 2. The van der Waals surface area contributed by atoms with Crippen LogP contribution in [0.25, 0.3) is 22.2 Å². The van der Waals surface area contributed by atoms with E-state index in [4.69, 9.17) is 0 Å². The lowest BCUT2D eigenvalue weighted by molar-refractivity contribution is -0.137. The molecule has 0 bridgehead atoms. The monoisotopic (exact) mass is 273 g/mol. The summed E-state index contributed by atoms with van der Waals surface area (Å²) in [5, 5.41) is 0.903. The Bertz CT molecular complexity index is 763. The highest BCUT2D eigenvalue weighted by Gasteiger charge is 2.33. The Morgan fingerprint density at radius 2 is 1.45 bits per heavy atom. The van der Waals surface area contributed by atoms with E-state index in [9.17, 15) is 13.2 Å². The standard InChI is InChI=1S/C16H10F3N/c17-16(18,19)13-7-3-2-6-12(13)15-10-9-11-5-1-4-8-14(11)20-15/h1-10H. The summed E-state index contributed by atoms with van der Waals surface area (Å²) in [6.07, 6.45) is -4.39. The van der Waals surface area contributed by atoms with E-state index in [1.165, 1.54) is 12.1 Å². The van der Waals surface area contributed by atoms with Crippen LogP contribution in [0.5, 0.6) is 0 Å². The Morgan fingerprint density at radius 1 is 0.750 bits per heavy atom. The highest BCUT2D eigenvalue weighted by molar-refractivity contribution is 5.82. The van der Waals surface area contributed by atoms with Gasteiger partial charge in [-0.25, -0.2) is 4.98 Å². The first-order chi connectivity index (χ1) is 9.55. The SMILES string of the molecule is FC(F)(F)c1ccccc1-c1ccc2ccccc2n1. The molecular weight excluding hydrogens is 263 g/mol. The van der Waals surface area contributed by atoms with Crippen molar-refractivity contribution in [2.75, 3.05) is 0 Å². The van der Waals surface area contributed by atoms with Crippen LogP contribution in [0.1, 0.15) is 5.56 Å². The maximum absolute atomic E-state index is 13.0. The molecule has 0 aliphatic heterocycles. The van der Waals surface area contributed by atoms with Crippen molar-refractivity contribution in [2.45, 2.75) is 6.18 Å². The van der Waals surface area contributed by atoms with Gasteiger partial charge in [-0.2, -0.15) is 13.2 Å². The van der Waals surface area contributed by atoms with Crippen molar-refractivity contribution < 1.29 is 13.2 Å². The summed E-state index contributed by atoms with van der Waals surface area (Å²) in [6, 6.07) is 16.2. The molecule has 2 aromatic carbocycles. The van der Waals surface area contributed by atoms with Gasteiger partial charge in [0, 0.05) is 10.9 Å². The van der Waals surface area contributed by atoms with E-state index in [1.807, 2.05) is 18.2 Å². The molecule has 0 fully saturated rings. The van der Waals surface area contributed by atoms with Gasteiger partial charge in [0.25, 0.3) is 0 Å². The van der Waals surface area contributed by atoms with Gasteiger partial charge in [0.2, 0.25) is 0 Å². The number of fused-ring (bicyclic) bond motifs is 1. The minimum atomic E-state index is -4.39. The number of pyridine rings is 1. The predicted octanol–water partition coefficient (Wildman–Crippen LogP) is 4.92. The molecule has 0 N–H and O–H groups in total. The topological polar surface area (TPSA) is 12.9 Å². The van der Waals surface area contributed by atoms with Crippen molar-refractivity contribution in [1.29, 1.82) is 0 Å². The third-order valence-corrected chi connectivity index (χ3v) is 3.11. The minimum absolute atomic E-state index is 0.103. The first kappa shape index (κ1) is 12.7. The largest absolute Gasteiger partial charge is 0.417 e. The summed E-state index contributed by atoms with van der Waals surface area (Å²) in [7, 11) is 0. The molecule has 1 heterocycles. The summed E-state index contributed by atoms with van der Waals surface area (Å²) in [5.41, 5.74) is 0.451. The highest BCUT2D eigenvalue weighted by Crippen LogP contribution is 2.36. The van der Waals surface area contributed by atoms with Crippen LogP contribution >= 0.6 is 0 Å². The van der Waals surface area contributed by atoms with Crippen molar-refractivity contribution in [2.24, 2.45) is 0 Å². The second kappa shape index (κ2) is 4.63. The molecule has 0 spiro atoms. The van der Waals surface area contributed by atoms with E-state index in [-0.39, 0.29) is 5.56 Å². The summed E-state index contributed by atoms with van der Waals surface area (Å²) >= 11 is 0. The van der Waals surface area contributed by atoms with Crippen LogP contribution in [0.3, 0.4) is 0 Å². The highest BCUT2D eigenvalue weighted by atomic mass is 19.4. The van der Waals surface area contributed by atoms with Gasteiger partial charge in [-0.05, 0) is 18.2 Å². The quantitative estimate of drug-likeness (QED) is 0.613. The van der Waals surface area contributed by atoms with Crippen molar-refractivity contribution in [3.63, 3.8) is 0 Å². The number of alkyl halides is 3. The van der Waals surface area contributed by atoms with Gasteiger partial charge in [0.05, 0.1) is 16.8 Å². The molecule has 1 aromatic heterocycles. The minimum Gasteiger partial charge on any atom is -0.248 e. The van der Waals surface area contributed by atoms with E-state index < -0.39 is 11.7 Å². The van der Waals surface area contributed by atoms with E-state index >= 15 is 0 Å². The maximum atomic E-state index is 13.0. The van der Waals surface area contributed by atoms with Crippen LogP contribution in [0.4, 0.5) is 13.2 Å². The second-order valence-electron chi connectivity index (χ2n) is 4.43. The van der Waals surface area contributed by atoms with E-state index in [0.29, 0.717) is 11.2 Å². The number of aromatic nitrogens is 1. The molecule has 3 aromatic rings. The number of para-hydroxylation sites is 1. The van der Waals surface area contributed by atoms with Crippen LogP contribution in [-0.4, -0.2) is 4.98 Å². The number of halogens is 3. The van der Waals surface area contributed by atoms with Gasteiger partial charge in [-0.15, -0.1) is 0 Å². The first-order valence-corrected chi connectivity index (χ1v) is 6.08. The fourth-order valence-electron chi connectivity index (χ4n) is 2.17. The van der Waals surface area contributed by atoms with E-state index in [1.54, 1.807) is 24.3 Å². The predicted molar refractivity (Wildman–Crippen MR) is 72.2 cm³/mol. The Labute approximate surface area is 113 Å². The molecule has 0 atom stereocenters. The smallest absolute Gasteiger partial charge is 0.248 e. The fraction of sp³-hybridized carbons (Fsp3) is 0.0625. The average Bonchev–Trinajstić information content (AvgIpc) is 2.46. The maximum Gasteiger partial charge on any atom is 0.417 e. The molecule has 1 nitrogen and oxygen atoms in total. The molecular formula is C16H10F3N. The van der Waals surface area contributed by atoms with Crippen LogP contribution in [0.15, 0.2) is 60.7 Å². The zero-order chi connectivity index (χ0) is 14.2. The molecule has 4 heteroatoms. The van der Waals surface area contributed by atoms with Crippen LogP contribution in [0.2, 0.25) is 0 Å². The summed E-state index contributed by atoms with van der Waals surface area (Å²) in [4.78, 5) is 4.32. The van der Waals surface area contributed by atoms with Gasteiger partial charge in [0.1, 0.15) is 0 Å². The number of hydrogen-bond donors (Lipinski definition) is 0. The third kappa shape index (κ3) is 2.25. The normalized spacial score (nSPS) is 11.8. The van der Waals surface area contributed by atoms with Crippen molar-refractivity contribution >= 4 is 10.9 Å². The lowest BCUT2D eigenvalue weighted by Crippen LogP contribution is -2.07. The molecule has 0 aliphatic carbocycles. The van der Waals surface area contributed by atoms with Crippen molar-refractivity contribution in [3.05, 3.63) is 66.2 Å². The van der Waals surface area contributed by atoms with Gasteiger partial charge < -0.3 is 0 Å². The van der Waals surface area contributed by atoms with Gasteiger partial charge in [0.15, 0.2) is 0 Å². The summed E-state index contributed by atoms with van der Waals surface area (Å²) < 4.78 is 39.1. The van der Waals surface area contributed by atoms with Crippen LogP contribution < -0.4 is 0 Å².